The summed E-state index contributed by atoms with van der Waals surface area (Å²) < 4.78 is 0. The number of carbonyl (C=O) groups is 2. The summed E-state index contributed by atoms with van der Waals surface area (Å²) in [6.45, 7) is 3.98. The lowest BCUT2D eigenvalue weighted by molar-refractivity contribution is -0.154. The Morgan fingerprint density at radius 3 is 2.46 bits per heavy atom. The van der Waals surface area contributed by atoms with E-state index in [-0.39, 0.29) is 17.9 Å². The fraction of sp³-hybridized carbons (Fsp3) is 0.500. The van der Waals surface area contributed by atoms with Crippen molar-refractivity contribution in [2.45, 2.75) is 51.0 Å². The third kappa shape index (κ3) is 3.68. The predicted molar refractivity (Wildman–Crippen MR) is 108 cm³/mol. The van der Waals surface area contributed by atoms with Crippen molar-refractivity contribution in [2.75, 3.05) is 19.6 Å². The zero-order valence-electron chi connectivity index (χ0n) is 16.4. The number of nitrogens with one attached hydrogen (secondary N) is 1. The molecule has 4 rings (SSSR count). The van der Waals surface area contributed by atoms with Gasteiger partial charge in [-0.3, -0.25) is 14.7 Å². The molecular formula is C22H28N4O2. The Bertz CT molecular complexity index is 824. The Kier molecular flexibility index (Phi) is 5.46. The number of aromatic nitrogens is 2. The van der Waals surface area contributed by atoms with E-state index < -0.39 is 0 Å². The average Bonchev–Trinajstić information content (AvgIpc) is 3.24. The van der Waals surface area contributed by atoms with E-state index in [4.69, 9.17) is 0 Å². The van der Waals surface area contributed by atoms with Gasteiger partial charge in [0.25, 0.3) is 0 Å². The Morgan fingerprint density at radius 1 is 1.00 bits per heavy atom. The van der Waals surface area contributed by atoms with Gasteiger partial charge in [0, 0.05) is 42.9 Å². The van der Waals surface area contributed by atoms with Crippen molar-refractivity contribution in [1.29, 1.82) is 0 Å². The number of carbonyl (C=O) groups excluding carboxylic acids is 2. The van der Waals surface area contributed by atoms with Crippen LogP contribution in [0.3, 0.4) is 0 Å². The Morgan fingerprint density at radius 2 is 1.75 bits per heavy atom. The highest BCUT2D eigenvalue weighted by atomic mass is 16.2. The maximum Gasteiger partial charge on any atom is 0.312 e. The summed E-state index contributed by atoms with van der Waals surface area (Å²) in [7, 11) is 0. The lowest BCUT2D eigenvalue weighted by Crippen LogP contribution is -2.51. The number of amides is 2. The second-order valence-corrected chi connectivity index (χ2v) is 7.97. The van der Waals surface area contributed by atoms with Crippen LogP contribution in [-0.4, -0.2) is 57.5 Å². The largest absolute Gasteiger partial charge is 0.334 e. The second-order valence-electron chi connectivity index (χ2n) is 7.97. The van der Waals surface area contributed by atoms with E-state index in [0.717, 1.165) is 48.9 Å². The van der Waals surface area contributed by atoms with Gasteiger partial charge in [0.2, 0.25) is 0 Å². The van der Waals surface area contributed by atoms with E-state index in [1.54, 1.807) is 9.80 Å². The van der Waals surface area contributed by atoms with Crippen molar-refractivity contribution >= 4 is 11.8 Å². The summed E-state index contributed by atoms with van der Waals surface area (Å²) in [4.78, 5) is 28.9. The number of rotatable bonds is 2. The first kappa shape index (κ1) is 18.7. The van der Waals surface area contributed by atoms with Crippen molar-refractivity contribution in [3.8, 4) is 11.1 Å². The van der Waals surface area contributed by atoms with Gasteiger partial charge in [0.05, 0.1) is 6.20 Å². The summed E-state index contributed by atoms with van der Waals surface area (Å²) in [5.74, 6) is -0.331. The van der Waals surface area contributed by atoms with E-state index in [1.165, 1.54) is 0 Å². The van der Waals surface area contributed by atoms with Crippen LogP contribution in [0.25, 0.3) is 11.1 Å². The zero-order chi connectivity index (χ0) is 19.5. The zero-order valence-corrected chi connectivity index (χ0v) is 16.4. The number of piperidine rings is 2. The smallest absolute Gasteiger partial charge is 0.312 e. The van der Waals surface area contributed by atoms with Crippen LogP contribution in [0.4, 0.5) is 0 Å². The minimum atomic E-state index is -0.333. The minimum Gasteiger partial charge on any atom is -0.334 e. The molecule has 0 saturated carbocycles. The average molecular weight is 380 g/mol. The fourth-order valence-corrected chi connectivity index (χ4v) is 4.48. The van der Waals surface area contributed by atoms with Crippen molar-refractivity contribution in [3.63, 3.8) is 0 Å². The van der Waals surface area contributed by atoms with Gasteiger partial charge in [0.1, 0.15) is 0 Å². The van der Waals surface area contributed by atoms with Crippen LogP contribution in [0.5, 0.6) is 0 Å². The molecule has 1 N–H and O–H groups in total. The van der Waals surface area contributed by atoms with E-state index in [2.05, 4.69) is 22.3 Å². The summed E-state index contributed by atoms with van der Waals surface area (Å²) in [6.07, 6.45) is 6.69. The first-order valence-electron chi connectivity index (χ1n) is 10.3. The molecular weight excluding hydrogens is 352 g/mol. The van der Waals surface area contributed by atoms with Crippen LogP contribution >= 0.6 is 0 Å². The van der Waals surface area contributed by atoms with Gasteiger partial charge in [-0.1, -0.05) is 30.3 Å². The highest BCUT2D eigenvalue weighted by Crippen LogP contribution is 2.34. The molecule has 3 heterocycles. The number of likely N-dealkylation sites (tertiary alicyclic amines) is 2. The number of hydrogen-bond acceptors (Lipinski definition) is 3. The first-order valence-corrected chi connectivity index (χ1v) is 10.3. The molecule has 0 unspecified atom stereocenters. The van der Waals surface area contributed by atoms with Crippen molar-refractivity contribution in [1.82, 2.24) is 20.0 Å². The predicted octanol–water partition coefficient (Wildman–Crippen LogP) is 3.18. The van der Waals surface area contributed by atoms with Gasteiger partial charge >= 0.3 is 11.8 Å². The van der Waals surface area contributed by atoms with Gasteiger partial charge in [-0.25, -0.2) is 0 Å². The molecule has 0 aliphatic carbocycles. The maximum absolute atomic E-state index is 12.7. The molecule has 2 aliphatic heterocycles. The molecule has 1 aromatic heterocycles. The number of benzene rings is 1. The number of aromatic amines is 1. The molecule has 1 aromatic carbocycles. The lowest BCUT2D eigenvalue weighted by Gasteiger charge is -2.36. The monoisotopic (exact) mass is 380 g/mol. The summed E-state index contributed by atoms with van der Waals surface area (Å²) in [6, 6.07) is 10.4. The third-order valence-electron chi connectivity index (χ3n) is 6.19. The Hall–Kier alpha value is -2.63. The third-order valence-corrected chi connectivity index (χ3v) is 6.19. The van der Waals surface area contributed by atoms with Crippen molar-refractivity contribution in [3.05, 3.63) is 42.2 Å². The summed E-state index contributed by atoms with van der Waals surface area (Å²) in [5, 5.41) is 7.43. The molecule has 6 nitrogen and oxygen atoms in total. The van der Waals surface area contributed by atoms with Crippen LogP contribution in [0.1, 0.15) is 50.6 Å². The van der Waals surface area contributed by atoms with Gasteiger partial charge in [0.15, 0.2) is 0 Å². The van der Waals surface area contributed by atoms with Crippen molar-refractivity contribution < 1.29 is 9.59 Å². The van der Waals surface area contributed by atoms with Gasteiger partial charge in [-0.05, 0) is 44.6 Å². The molecule has 0 radical (unpaired) electrons. The summed E-state index contributed by atoms with van der Waals surface area (Å²) in [5.41, 5.74) is 3.41. The van der Waals surface area contributed by atoms with Crippen LogP contribution in [0, 0.1) is 0 Å². The van der Waals surface area contributed by atoms with Crippen LogP contribution in [-0.2, 0) is 9.59 Å². The van der Waals surface area contributed by atoms with Crippen LogP contribution in [0.15, 0.2) is 36.5 Å². The summed E-state index contributed by atoms with van der Waals surface area (Å²) >= 11 is 0. The van der Waals surface area contributed by atoms with Crippen LogP contribution in [0.2, 0.25) is 0 Å². The maximum atomic E-state index is 12.7. The van der Waals surface area contributed by atoms with Gasteiger partial charge in [-0.2, -0.15) is 5.10 Å². The van der Waals surface area contributed by atoms with Gasteiger partial charge < -0.3 is 9.80 Å². The fourth-order valence-electron chi connectivity index (χ4n) is 4.48. The van der Waals surface area contributed by atoms with E-state index in [1.807, 2.05) is 31.3 Å². The molecule has 0 bridgehead atoms. The van der Waals surface area contributed by atoms with Crippen molar-refractivity contribution in [2.24, 2.45) is 0 Å². The topological polar surface area (TPSA) is 69.3 Å². The van der Waals surface area contributed by atoms with Crippen LogP contribution < -0.4 is 0 Å². The number of nitrogens with zero attached hydrogens (tertiary/aromatic N) is 3. The molecule has 2 amide bonds. The lowest BCUT2D eigenvalue weighted by atomic mass is 9.89. The van der Waals surface area contributed by atoms with E-state index in [9.17, 15) is 9.59 Å². The molecule has 1 atom stereocenters. The highest BCUT2D eigenvalue weighted by Gasteiger charge is 2.34. The minimum absolute atomic E-state index is 0.168. The highest BCUT2D eigenvalue weighted by molar-refractivity contribution is 6.35. The van der Waals surface area contributed by atoms with E-state index in [0.29, 0.717) is 25.6 Å². The van der Waals surface area contributed by atoms with E-state index >= 15 is 0 Å². The Balaban J connectivity index is 1.40. The molecule has 2 fully saturated rings. The first-order chi connectivity index (χ1) is 13.6. The second kappa shape index (κ2) is 8.17. The SMILES string of the molecule is C[C@@H]1CCCCN1C(=O)C(=O)N1CCC(c2[nH]ncc2-c2ccccc2)CC1. The molecule has 2 aromatic rings. The molecule has 6 heteroatoms. The molecule has 148 valence electrons. The molecule has 2 aliphatic rings. The number of hydrogen-bond donors (Lipinski definition) is 1. The number of H-pyrrole nitrogens is 1. The molecule has 28 heavy (non-hydrogen) atoms. The standard InChI is InChI=1S/C22H28N4O2/c1-16-7-5-6-12-26(16)22(28)21(27)25-13-10-18(11-14-25)20-19(15-23-24-20)17-8-3-2-4-9-17/h2-4,8-9,15-16,18H,5-7,10-14H2,1H3,(H,23,24)/t16-/m1/s1. The molecule has 0 spiro atoms. The Labute approximate surface area is 165 Å². The molecule has 2 saturated heterocycles. The quantitative estimate of drug-likeness (QED) is 0.814. The normalized spacial score (nSPS) is 21.0. The van der Waals surface area contributed by atoms with Gasteiger partial charge in [-0.15, -0.1) is 0 Å².